The molecule has 1 aliphatic rings. The molecule has 0 spiro atoms. The van der Waals surface area contributed by atoms with E-state index in [0.717, 1.165) is 35.4 Å². The molecule has 0 radical (unpaired) electrons. The average Bonchev–Trinajstić information content (AvgIpc) is 2.49. The van der Waals surface area contributed by atoms with Gasteiger partial charge in [-0.25, -0.2) is 0 Å². The number of fused-ring (bicyclic) bond motifs is 1. The minimum absolute atomic E-state index is 0.0240. The number of benzene rings is 1. The monoisotopic (exact) mass is 289 g/mol. The lowest BCUT2D eigenvalue weighted by Crippen LogP contribution is -2.28. The third-order valence-corrected chi connectivity index (χ3v) is 3.98. The van der Waals surface area contributed by atoms with Crippen LogP contribution in [0.5, 0.6) is 5.75 Å². The first-order valence-electron chi connectivity index (χ1n) is 7.67. The topological polar surface area (TPSA) is 29.5 Å². The number of rotatable bonds is 2. The first-order valence-corrected chi connectivity index (χ1v) is 7.67. The molecule has 1 aromatic rings. The normalized spacial score (nSPS) is 19.2. The number of nitrogens with zero attached hydrogens (tertiary/aromatic N) is 1. The van der Waals surface area contributed by atoms with Gasteiger partial charge in [0.15, 0.2) is 5.78 Å². The SMILES string of the molecule is Cc1cc2c(c(C(C)(C)C)c1)OCCC(CN(C)C)C2=O. The van der Waals surface area contributed by atoms with Crippen molar-refractivity contribution in [1.29, 1.82) is 0 Å². The van der Waals surface area contributed by atoms with Gasteiger partial charge in [0.1, 0.15) is 5.75 Å². The lowest BCUT2D eigenvalue weighted by Gasteiger charge is -2.24. The number of hydrogen-bond donors (Lipinski definition) is 0. The molecule has 0 saturated heterocycles. The van der Waals surface area contributed by atoms with Crippen LogP contribution in [-0.2, 0) is 5.41 Å². The van der Waals surface area contributed by atoms with Crippen LogP contribution in [-0.4, -0.2) is 37.9 Å². The van der Waals surface area contributed by atoms with Crippen molar-refractivity contribution >= 4 is 5.78 Å². The second-order valence-corrected chi connectivity index (χ2v) is 7.40. The highest BCUT2D eigenvalue weighted by atomic mass is 16.5. The third-order valence-electron chi connectivity index (χ3n) is 3.98. The van der Waals surface area contributed by atoms with Gasteiger partial charge < -0.3 is 9.64 Å². The van der Waals surface area contributed by atoms with E-state index in [2.05, 4.69) is 38.7 Å². The Morgan fingerprint density at radius 2 is 1.95 bits per heavy atom. The Bertz CT molecular complexity index is 541. The first kappa shape index (κ1) is 16.0. The molecule has 0 aliphatic carbocycles. The Balaban J connectivity index is 2.51. The van der Waals surface area contributed by atoms with Crippen molar-refractivity contribution in [2.24, 2.45) is 5.92 Å². The molecule has 1 aliphatic heterocycles. The molecule has 1 aromatic carbocycles. The van der Waals surface area contributed by atoms with Crippen LogP contribution in [0.15, 0.2) is 12.1 Å². The highest BCUT2D eigenvalue weighted by Crippen LogP contribution is 2.38. The molecule has 0 fully saturated rings. The summed E-state index contributed by atoms with van der Waals surface area (Å²) >= 11 is 0. The number of hydrogen-bond acceptors (Lipinski definition) is 3. The van der Waals surface area contributed by atoms with Crippen LogP contribution in [0.4, 0.5) is 0 Å². The largest absolute Gasteiger partial charge is 0.492 e. The minimum Gasteiger partial charge on any atom is -0.492 e. The van der Waals surface area contributed by atoms with Gasteiger partial charge in [-0.2, -0.15) is 0 Å². The van der Waals surface area contributed by atoms with Gasteiger partial charge in [0.25, 0.3) is 0 Å². The standard InChI is InChI=1S/C18H27NO2/c1-12-9-14-16(20)13(11-19(5)6)7-8-21-17(14)15(10-12)18(2,3)4/h9-10,13H,7-8,11H2,1-6H3. The zero-order chi connectivity index (χ0) is 15.8. The summed E-state index contributed by atoms with van der Waals surface area (Å²) in [6, 6.07) is 4.14. The summed E-state index contributed by atoms with van der Waals surface area (Å²) in [6.07, 6.45) is 0.786. The summed E-state index contributed by atoms with van der Waals surface area (Å²) in [5, 5.41) is 0. The van der Waals surface area contributed by atoms with Crippen molar-refractivity contribution in [3.63, 3.8) is 0 Å². The highest BCUT2D eigenvalue weighted by molar-refractivity contribution is 6.01. The summed E-state index contributed by atoms with van der Waals surface area (Å²) in [5.41, 5.74) is 3.00. The highest BCUT2D eigenvalue weighted by Gasteiger charge is 2.31. The zero-order valence-electron chi connectivity index (χ0n) is 14.1. The molecule has 0 N–H and O–H groups in total. The predicted octanol–water partition coefficient (Wildman–Crippen LogP) is 3.44. The summed E-state index contributed by atoms with van der Waals surface area (Å²) in [7, 11) is 4.02. The van der Waals surface area contributed by atoms with Crippen LogP contribution in [0, 0.1) is 12.8 Å². The van der Waals surface area contributed by atoms with Gasteiger partial charge in [0.2, 0.25) is 0 Å². The molecule has 3 nitrogen and oxygen atoms in total. The van der Waals surface area contributed by atoms with Crippen molar-refractivity contribution < 1.29 is 9.53 Å². The fourth-order valence-electron chi connectivity index (χ4n) is 2.94. The van der Waals surface area contributed by atoms with Gasteiger partial charge in [-0.1, -0.05) is 26.8 Å². The van der Waals surface area contributed by atoms with Gasteiger partial charge in [-0.3, -0.25) is 4.79 Å². The van der Waals surface area contributed by atoms with E-state index < -0.39 is 0 Å². The molecule has 116 valence electrons. The Labute approximate surface area is 128 Å². The number of ether oxygens (including phenoxy) is 1. The van der Waals surface area contributed by atoms with E-state index in [1.807, 2.05) is 20.2 Å². The number of carbonyl (C=O) groups is 1. The quantitative estimate of drug-likeness (QED) is 0.835. The number of carbonyl (C=O) groups excluding carboxylic acids is 1. The first-order chi connectivity index (χ1) is 9.70. The maximum Gasteiger partial charge on any atom is 0.171 e. The summed E-state index contributed by atoms with van der Waals surface area (Å²) in [5.74, 6) is 1.06. The second kappa shape index (κ2) is 5.80. The summed E-state index contributed by atoms with van der Waals surface area (Å²) in [6.45, 7) is 9.94. The maximum atomic E-state index is 12.9. The molecule has 3 heteroatoms. The van der Waals surface area contributed by atoms with Crippen LogP contribution in [0.25, 0.3) is 0 Å². The summed E-state index contributed by atoms with van der Waals surface area (Å²) < 4.78 is 6.00. The minimum atomic E-state index is -0.0300. The Kier molecular flexibility index (Phi) is 4.43. The van der Waals surface area contributed by atoms with E-state index in [-0.39, 0.29) is 17.1 Å². The molecule has 0 amide bonds. The predicted molar refractivity (Wildman–Crippen MR) is 86.4 cm³/mol. The second-order valence-electron chi connectivity index (χ2n) is 7.40. The molecule has 1 atom stereocenters. The van der Waals surface area contributed by atoms with E-state index in [1.54, 1.807) is 0 Å². The Hall–Kier alpha value is -1.35. The van der Waals surface area contributed by atoms with Crippen LogP contribution < -0.4 is 4.74 Å². The third kappa shape index (κ3) is 3.46. The fraction of sp³-hybridized carbons (Fsp3) is 0.611. The molecule has 1 heterocycles. The van der Waals surface area contributed by atoms with Crippen LogP contribution >= 0.6 is 0 Å². The molecular formula is C18H27NO2. The number of aryl methyl sites for hydroxylation is 1. The van der Waals surface area contributed by atoms with E-state index >= 15 is 0 Å². The van der Waals surface area contributed by atoms with Crippen LogP contribution in [0.2, 0.25) is 0 Å². The maximum absolute atomic E-state index is 12.9. The molecular weight excluding hydrogens is 262 g/mol. The number of Topliss-reactive ketones (excluding diaryl/α,β-unsaturated/α-hetero) is 1. The molecule has 2 rings (SSSR count). The van der Waals surface area contributed by atoms with Crippen LogP contribution in [0.3, 0.4) is 0 Å². The van der Waals surface area contributed by atoms with Crippen molar-refractivity contribution in [3.8, 4) is 5.75 Å². The number of ketones is 1. The van der Waals surface area contributed by atoms with Crippen molar-refractivity contribution in [1.82, 2.24) is 4.90 Å². The van der Waals surface area contributed by atoms with Crippen molar-refractivity contribution in [3.05, 3.63) is 28.8 Å². The van der Waals surface area contributed by atoms with E-state index in [1.165, 1.54) is 0 Å². The van der Waals surface area contributed by atoms with E-state index in [0.29, 0.717) is 6.61 Å². The zero-order valence-corrected chi connectivity index (χ0v) is 14.1. The molecule has 0 saturated carbocycles. The smallest absolute Gasteiger partial charge is 0.171 e. The fourth-order valence-corrected chi connectivity index (χ4v) is 2.94. The molecule has 1 unspecified atom stereocenters. The van der Waals surface area contributed by atoms with Gasteiger partial charge in [-0.15, -0.1) is 0 Å². The molecule has 0 bridgehead atoms. The van der Waals surface area contributed by atoms with E-state index in [9.17, 15) is 4.79 Å². The Morgan fingerprint density at radius 3 is 2.52 bits per heavy atom. The lowest BCUT2D eigenvalue weighted by molar-refractivity contribution is 0.0891. The molecule has 0 aromatic heterocycles. The summed E-state index contributed by atoms with van der Waals surface area (Å²) in [4.78, 5) is 15.0. The van der Waals surface area contributed by atoms with Crippen molar-refractivity contribution in [2.75, 3.05) is 27.2 Å². The van der Waals surface area contributed by atoms with Crippen LogP contribution in [0.1, 0.15) is 48.7 Å². The van der Waals surface area contributed by atoms with Crippen molar-refractivity contribution in [2.45, 2.75) is 39.5 Å². The van der Waals surface area contributed by atoms with Gasteiger partial charge in [0, 0.05) is 18.0 Å². The lowest BCUT2D eigenvalue weighted by atomic mass is 9.82. The average molecular weight is 289 g/mol. The molecule has 21 heavy (non-hydrogen) atoms. The van der Waals surface area contributed by atoms with Gasteiger partial charge in [0.05, 0.1) is 12.2 Å². The van der Waals surface area contributed by atoms with E-state index in [4.69, 9.17) is 4.74 Å². The van der Waals surface area contributed by atoms with Gasteiger partial charge in [-0.05, 0) is 44.5 Å². The van der Waals surface area contributed by atoms with Gasteiger partial charge >= 0.3 is 0 Å². The Morgan fingerprint density at radius 1 is 1.29 bits per heavy atom.